The van der Waals surface area contributed by atoms with Crippen LogP contribution in [-0.4, -0.2) is 37.2 Å². The Hall–Kier alpha value is -3.38. The van der Waals surface area contributed by atoms with Crippen LogP contribution < -0.4 is 5.32 Å². The fourth-order valence-electron chi connectivity index (χ4n) is 3.32. The molecule has 2 aromatic rings. The van der Waals surface area contributed by atoms with E-state index in [1.54, 1.807) is 11.5 Å². The first-order valence-corrected chi connectivity index (χ1v) is 11.0. The molecule has 0 aliphatic carbocycles. The number of esters is 1. The highest BCUT2D eigenvalue weighted by Crippen LogP contribution is 2.29. The summed E-state index contributed by atoms with van der Waals surface area (Å²) in [7, 11) is -3.25. The van der Waals surface area contributed by atoms with E-state index in [-0.39, 0.29) is 12.2 Å². The summed E-state index contributed by atoms with van der Waals surface area (Å²) in [5, 5.41) is 13.3. The average molecular weight is 427 g/mol. The fraction of sp³-hybridized carbons (Fsp3) is 0.286. The first-order valence-electron chi connectivity index (χ1n) is 9.25. The minimum atomic E-state index is -3.25. The molecular formula is C21H21N3O5S. The van der Waals surface area contributed by atoms with E-state index in [1.807, 2.05) is 37.3 Å². The minimum absolute atomic E-state index is 0.120. The predicted octanol–water partition coefficient (Wildman–Crippen LogP) is 2.40. The Labute approximate surface area is 174 Å². The Bertz CT molecular complexity index is 1160. The number of amides is 1. The molecule has 8 nitrogen and oxygen atoms in total. The van der Waals surface area contributed by atoms with E-state index < -0.39 is 34.2 Å². The molecule has 1 aromatic carbocycles. The number of aromatic nitrogens is 1. The second kappa shape index (κ2) is 8.55. The van der Waals surface area contributed by atoms with Crippen molar-refractivity contribution in [3.05, 3.63) is 58.6 Å². The molecule has 0 saturated carbocycles. The van der Waals surface area contributed by atoms with Crippen LogP contribution in [0.5, 0.6) is 0 Å². The van der Waals surface area contributed by atoms with E-state index in [0.29, 0.717) is 11.4 Å². The molecule has 30 heavy (non-hydrogen) atoms. The maximum absolute atomic E-state index is 12.4. The number of rotatable bonds is 6. The lowest BCUT2D eigenvalue weighted by molar-refractivity contribution is -0.147. The van der Waals surface area contributed by atoms with Crippen LogP contribution in [0.15, 0.2) is 41.8 Å². The summed E-state index contributed by atoms with van der Waals surface area (Å²) in [5.41, 5.74) is 2.65. The molecule has 2 heterocycles. The number of hydrogen-bond donors (Lipinski definition) is 1. The van der Waals surface area contributed by atoms with Crippen LogP contribution in [0.4, 0.5) is 5.82 Å². The SMILES string of the molecule is Cc1c(C#N)c(NC(=O)COC(=O)CC2C=CS(=O)(=O)C2)n(-c2ccccc2)c1C. The van der Waals surface area contributed by atoms with Crippen LogP contribution in [0, 0.1) is 31.1 Å². The number of nitrogens with zero attached hydrogens (tertiary/aromatic N) is 2. The van der Waals surface area contributed by atoms with Crippen LogP contribution in [0.3, 0.4) is 0 Å². The zero-order valence-corrected chi connectivity index (χ0v) is 17.4. The largest absolute Gasteiger partial charge is 0.456 e. The Kier molecular flexibility index (Phi) is 6.08. The van der Waals surface area contributed by atoms with Crippen LogP contribution in [0.25, 0.3) is 5.69 Å². The van der Waals surface area contributed by atoms with Crippen molar-refractivity contribution in [3.63, 3.8) is 0 Å². The van der Waals surface area contributed by atoms with Crippen molar-refractivity contribution in [2.45, 2.75) is 20.3 Å². The number of hydrogen-bond acceptors (Lipinski definition) is 6. The van der Waals surface area contributed by atoms with Gasteiger partial charge in [0, 0.05) is 22.7 Å². The number of benzene rings is 1. The molecular weight excluding hydrogens is 406 g/mol. The van der Waals surface area contributed by atoms with Gasteiger partial charge in [-0.15, -0.1) is 0 Å². The summed E-state index contributed by atoms with van der Waals surface area (Å²) >= 11 is 0. The van der Waals surface area contributed by atoms with E-state index in [4.69, 9.17) is 4.74 Å². The second-order valence-corrected chi connectivity index (χ2v) is 8.98. The lowest BCUT2D eigenvalue weighted by Crippen LogP contribution is -2.23. The number of allylic oxidation sites excluding steroid dienone is 1. The van der Waals surface area contributed by atoms with Crippen molar-refractivity contribution in [1.29, 1.82) is 5.26 Å². The van der Waals surface area contributed by atoms with Gasteiger partial charge in [-0.05, 0) is 31.5 Å². The molecule has 0 spiro atoms. The molecule has 1 atom stereocenters. The average Bonchev–Trinajstić information content (AvgIpc) is 3.16. The molecule has 1 aromatic heterocycles. The number of sulfone groups is 1. The number of nitriles is 1. The van der Waals surface area contributed by atoms with Gasteiger partial charge in [0.2, 0.25) is 0 Å². The monoisotopic (exact) mass is 427 g/mol. The van der Waals surface area contributed by atoms with E-state index in [2.05, 4.69) is 11.4 Å². The van der Waals surface area contributed by atoms with Crippen LogP contribution in [-0.2, 0) is 24.2 Å². The summed E-state index contributed by atoms with van der Waals surface area (Å²) in [4.78, 5) is 24.4. The van der Waals surface area contributed by atoms with Gasteiger partial charge in [-0.3, -0.25) is 14.2 Å². The lowest BCUT2D eigenvalue weighted by atomic mass is 10.1. The molecule has 1 aliphatic rings. The fourth-order valence-corrected chi connectivity index (χ4v) is 4.71. The Balaban J connectivity index is 1.70. The number of carbonyl (C=O) groups is 2. The Morgan fingerprint density at radius 1 is 1.27 bits per heavy atom. The van der Waals surface area contributed by atoms with Gasteiger partial charge < -0.3 is 10.1 Å². The first kappa shape index (κ1) is 21.3. The zero-order valence-electron chi connectivity index (χ0n) is 16.6. The molecule has 1 N–H and O–H groups in total. The molecule has 156 valence electrons. The Morgan fingerprint density at radius 3 is 2.57 bits per heavy atom. The van der Waals surface area contributed by atoms with E-state index in [0.717, 1.165) is 22.4 Å². The summed E-state index contributed by atoms with van der Waals surface area (Å²) in [6.07, 6.45) is 1.33. The molecule has 1 unspecified atom stereocenters. The summed E-state index contributed by atoms with van der Waals surface area (Å²) in [6.45, 7) is 3.11. The number of carbonyl (C=O) groups excluding carboxylic acids is 2. The summed E-state index contributed by atoms with van der Waals surface area (Å²) in [6, 6.07) is 11.4. The van der Waals surface area contributed by atoms with E-state index >= 15 is 0 Å². The smallest absolute Gasteiger partial charge is 0.306 e. The van der Waals surface area contributed by atoms with E-state index in [9.17, 15) is 23.3 Å². The predicted molar refractivity (Wildman–Crippen MR) is 111 cm³/mol. The number of para-hydroxylation sites is 1. The van der Waals surface area contributed by atoms with Crippen molar-refractivity contribution in [2.75, 3.05) is 17.7 Å². The third-order valence-electron chi connectivity index (χ3n) is 4.90. The molecule has 3 rings (SSSR count). The van der Waals surface area contributed by atoms with Crippen molar-refractivity contribution < 1.29 is 22.7 Å². The van der Waals surface area contributed by atoms with Gasteiger partial charge in [-0.1, -0.05) is 24.3 Å². The molecule has 9 heteroatoms. The third-order valence-corrected chi connectivity index (χ3v) is 6.36. The van der Waals surface area contributed by atoms with Crippen molar-refractivity contribution in [1.82, 2.24) is 4.57 Å². The Morgan fingerprint density at radius 2 is 1.97 bits per heavy atom. The highest BCUT2D eigenvalue weighted by Gasteiger charge is 2.25. The van der Waals surface area contributed by atoms with Crippen molar-refractivity contribution in [3.8, 4) is 11.8 Å². The van der Waals surface area contributed by atoms with Crippen molar-refractivity contribution in [2.24, 2.45) is 5.92 Å². The normalized spacial score (nSPS) is 16.8. The molecule has 0 bridgehead atoms. The van der Waals surface area contributed by atoms with Gasteiger partial charge in [0.15, 0.2) is 16.4 Å². The quantitative estimate of drug-likeness (QED) is 0.707. The number of ether oxygens (including phenoxy) is 1. The number of anilines is 1. The third kappa shape index (κ3) is 4.60. The topological polar surface area (TPSA) is 118 Å². The highest BCUT2D eigenvalue weighted by molar-refractivity contribution is 7.94. The van der Waals surface area contributed by atoms with E-state index in [1.165, 1.54) is 6.08 Å². The highest BCUT2D eigenvalue weighted by atomic mass is 32.2. The first-order chi connectivity index (χ1) is 14.2. The molecule has 0 radical (unpaired) electrons. The van der Waals surface area contributed by atoms with Gasteiger partial charge in [-0.2, -0.15) is 5.26 Å². The van der Waals surface area contributed by atoms with Gasteiger partial charge >= 0.3 is 5.97 Å². The molecule has 1 aliphatic heterocycles. The van der Waals surface area contributed by atoms with Crippen molar-refractivity contribution >= 4 is 27.5 Å². The second-order valence-electron chi connectivity index (χ2n) is 7.05. The lowest BCUT2D eigenvalue weighted by Gasteiger charge is -2.13. The molecule has 0 fully saturated rings. The molecule has 0 saturated heterocycles. The molecule has 1 amide bonds. The standard InChI is InChI=1S/C21H21N3O5S/c1-14-15(2)24(17-6-4-3-5-7-17)21(18(14)11-22)23-19(25)12-29-20(26)10-16-8-9-30(27,28)13-16/h3-9,16H,10,12-13H2,1-2H3,(H,23,25). The van der Waals surface area contributed by atoms with Gasteiger partial charge in [0.05, 0.1) is 17.7 Å². The van der Waals surface area contributed by atoms with Crippen LogP contribution in [0.2, 0.25) is 0 Å². The minimum Gasteiger partial charge on any atom is -0.456 e. The number of nitrogens with one attached hydrogen (secondary N) is 1. The maximum atomic E-state index is 12.4. The van der Waals surface area contributed by atoms with Crippen LogP contribution in [0.1, 0.15) is 23.2 Å². The van der Waals surface area contributed by atoms with Crippen LogP contribution >= 0.6 is 0 Å². The van der Waals surface area contributed by atoms with Gasteiger partial charge in [-0.25, -0.2) is 8.42 Å². The summed E-state index contributed by atoms with van der Waals surface area (Å²) < 4.78 is 29.6. The summed E-state index contributed by atoms with van der Waals surface area (Å²) in [5.74, 6) is -1.53. The van der Waals surface area contributed by atoms with Gasteiger partial charge in [0.1, 0.15) is 11.9 Å². The maximum Gasteiger partial charge on any atom is 0.306 e. The van der Waals surface area contributed by atoms with Gasteiger partial charge in [0.25, 0.3) is 5.91 Å². The zero-order chi connectivity index (χ0) is 21.9.